The van der Waals surface area contributed by atoms with Gasteiger partial charge in [-0.05, 0) is 17.7 Å². The first-order valence-corrected chi connectivity index (χ1v) is 6.61. The van der Waals surface area contributed by atoms with E-state index in [0.717, 1.165) is 26.4 Å². The third kappa shape index (κ3) is 5.02. The number of halogens is 3. The Bertz CT molecular complexity index is 725. The van der Waals surface area contributed by atoms with Gasteiger partial charge >= 0.3 is 12.1 Å². The minimum absolute atomic E-state index is 0.316. The molecule has 0 fully saturated rings. The predicted octanol–water partition coefficient (Wildman–Crippen LogP) is 3.76. The van der Waals surface area contributed by atoms with Crippen LogP contribution >= 0.6 is 0 Å². The Morgan fingerprint density at radius 1 is 1.25 bits per heavy atom. The van der Waals surface area contributed by atoms with Crippen LogP contribution in [0.25, 0.3) is 6.08 Å². The molecule has 0 aliphatic heterocycles. The van der Waals surface area contributed by atoms with Crippen LogP contribution in [-0.2, 0) is 14.3 Å². The number of allylic oxidation sites excluding steroid dienone is 2. The van der Waals surface area contributed by atoms with Gasteiger partial charge in [-0.1, -0.05) is 30.4 Å². The number of benzene rings is 1. The molecule has 0 radical (unpaired) electrons. The topological polar surface area (TPSA) is 59.3 Å². The van der Waals surface area contributed by atoms with Crippen LogP contribution in [0.4, 0.5) is 13.2 Å². The summed E-state index contributed by atoms with van der Waals surface area (Å²) >= 11 is 0. The van der Waals surface area contributed by atoms with Crippen molar-refractivity contribution in [2.45, 2.75) is 6.18 Å². The van der Waals surface area contributed by atoms with Gasteiger partial charge in [-0.25, -0.2) is 4.79 Å². The normalized spacial score (nSPS) is 12.8. The van der Waals surface area contributed by atoms with Crippen LogP contribution in [-0.4, -0.2) is 26.4 Å². The number of hydrogen-bond acceptors (Lipinski definition) is 4. The zero-order valence-electron chi connectivity index (χ0n) is 12.9. The van der Waals surface area contributed by atoms with Crippen LogP contribution in [0.1, 0.15) is 11.1 Å². The minimum atomic E-state index is -4.79. The van der Waals surface area contributed by atoms with E-state index in [4.69, 9.17) is 5.26 Å². The summed E-state index contributed by atoms with van der Waals surface area (Å²) in [6, 6.07) is 8.36. The van der Waals surface area contributed by atoms with Gasteiger partial charge < -0.3 is 9.47 Å². The van der Waals surface area contributed by atoms with E-state index in [2.05, 4.69) is 9.47 Å². The van der Waals surface area contributed by atoms with Gasteiger partial charge in [0.25, 0.3) is 0 Å². The molecule has 0 aliphatic rings. The number of nitriles is 1. The van der Waals surface area contributed by atoms with Gasteiger partial charge in [-0.2, -0.15) is 18.4 Å². The Labute approximate surface area is 137 Å². The van der Waals surface area contributed by atoms with Crippen molar-refractivity contribution in [3.05, 3.63) is 65.0 Å². The highest BCUT2D eigenvalue weighted by molar-refractivity contribution is 5.93. The van der Waals surface area contributed by atoms with Gasteiger partial charge in [0.2, 0.25) is 0 Å². The van der Waals surface area contributed by atoms with Gasteiger partial charge in [0.1, 0.15) is 5.57 Å². The smallest absolute Gasteiger partial charge is 0.417 e. The second-order valence-corrected chi connectivity index (χ2v) is 4.40. The standard InChI is InChI=1S/C17H14F3NO3/c1-23-11-14(16(22)24-2)15(17(18,19)20)9-5-8-12-6-3-4-7-13(12)10-21/h3-9,11H,1-2H3/b8-5+,14-11+,15-9+. The van der Waals surface area contributed by atoms with E-state index >= 15 is 0 Å². The van der Waals surface area contributed by atoms with Crippen molar-refractivity contribution < 1.29 is 27.4 Å². The van der Waals surface area contributed by atoms with E-state index in [0.29, 0.717) is 17.4 Å². The highest BCUT2D eigenvalue weighted by Crippen LogP contribution is 2.32. The third-order valence-corrected chi connectivity index (χ3v) is 2.86. The largest absolute Gasteiger partial charge is 0.503 e. The summed E-state index contributed by atoms with van der Waals surface area (Å²) in [5, 5.41) is 8.95. The Hall–Kier alpha value is -3.01. The molecule has 0 saturated carbocycles. The fourth-order valence-corrected chi connectivity index (χ4v) is 1.78. The lowest BCUT2D eigenvalue weighted by Crippen LogP contribution is -2.19. The molecule has 0 N–H and O–H groups in total. The number of hydrogen-bond donors (Lipinski definition) is 0. The zero-order chi connectivity index (χ0) is 18.2. The van der Waals surface area contributed by atoms with Crippen molar-refractivity contribution in [3.8, 4) is 6.07 Å². The molecule has 1 aromatic rings. The molecule has 0 atom stereocenters. The Kier molecular flexibility index (Phi) is 6.80. The molecule has 0 saturated heterocycles. The molecule has 4 nitrogen and oxygen atoms in total. The van der Waals surface area contributed by atoms with Crippen molar-refractivity contribution in [2.75, 3.05) is 14.2 Å². The van der Waals surface area contributed by atoms with Crippen molar-refractivity contribution in [2.24, 2.45) is 0 Å². The minimum Gasteiger partial charge on any atom is -0.503 e. The molecule has 126 valence electrons. The second kappa shape index (κ2) is 8.58. The highest BCUT2D eigenvalue weighted by Gasteiger charge is 2.38. The van der Waals surface area contributed by atoms with Crippen LogP contribution in [0.2, 0.25) is 0 Å². The summed E-state index contributed by atoms with van der Waals surface area (Å²) < 4.78 is 48.5. The number of carbonyl (C=O) groups is 1. The predicted molar refractivity (Wildman–Crippen MR) is 81.4 cm³/mol. The lowest BCUT2D eigenvalue weighted by molar-refractivity contribution is -0.138. The molecule has 24 heavy (non-hydrogen) atoms. The molecule has 0 bridgehead atoms. The Morgan fingerprint density at radius 3 is 2.46 bits per heavy atom. The van der Waals surface area contributed by atoms with E-state index in [1.54, 1.807) is 24.3 Å². The van der Waals surface area contributed by atoms with Crippen molar-refractivity contribution in [1.82, 2.24) is 0 Å². The molecule has 0 aromatic heterocycles. The van der Waals surface area contributed by atoms with Gasteiger partial charge in [-0.15, -0.1) is 0 Å². The van der Waals surface area contributed by atoms with E-state index in [-0.39, 0.29) is 0 Å². The zero-order valence-corrected chi connectivity index (χ0v) is 12.9. The van der Waals surface area contributed by atoms with E-state index < -0.39 is 23.3 Å². The quantitative estimate of drug-likeness (QED) is 0.355. The highest BCUT2D eigenvalue weighted by atomic mass is 19.4. The van der Waals surface area contributed by atoms with Crippen LogP contribution in [0, 0.1) is 11.3 Å². The van der Waals surface area contributed by atoms with Gasteiger partial charge in [0, 0.05) is 0 Å². The maximum atomic E-state index is 13.2. The first-order valence-electron chi connectivity index (χ1n) is 6.61. The second-order valence-electron chi connectivity index (χ2n) is 4.40. The number of esters is 1. The fourth-order valence-electron chi connectivity index (χ4n) is 1.78. The average Bonchev–Trinajstić information content (AvgIpc) is 2.55. The molecule has 0 amide bonds. The van der Waals surface area contributed by atoms with E-state index in [1.165, 1.54) is 6.08 Å². The van der Waals surface area contributed by atoms with Gasteiger partial charge in [0.15, 0.2) is 0 Å². The summed E-state index contributed by atoms with van der Waals surface area (Å²) in [4.78, 5) is 11.5. The molecular weight excluding hydrogens is 323 g/mol. The lowest BCUT2D eigenvalue weighted by atomic mass is 10.0. The van der Waals surface area contributed by atoms with Gasteiger partial charge in [0.05, 0.1) is 37.7 Å². The summed E-state index contributed by atoms with van der Waals surface area (Å²) in [6.07, 6.45) is -0.965. The molecule has 1 aromatic carbocycles. The third-order valence-electron chi connectivity index (χ3n) is 2.86. The number of ether oxygens (including phenoxy) is 2. The number of rotatable bonds is 5. The van der Waals surface area contributed by atoms with Crippen molar-refractivity contribution in [1.29, 1.82) is 5.26 Å². The molecular formula is C17H14F3NO3. The summed E-state index contributed by atoms with van der Waals surface area (Å²) in [6.45, 7) is 0. The van der Waals surface area contributed by atoms with Crippen LogP contribution in [0.15, 0.2) is 53.8 Å². The number of carbonyl (C=O) groups excluding carboxylic acids is 1. The van der Waals surface area contributed by atoms with Crippen LogP contribution < -0.4 is 0 Å². The Morgan fingerprint density at radius 2 is 1.92 bits per heavy atom. The average molecular weight is 337 g/mol. The summed E-state index contributed by atoms with van der Waals surface area (Å²) in [7, 11) is 2.09. The maximum absolute atomic E-state index is 13.2. The van der Waals surface area contributed by atoms with Crippen molar-refractivity contribution in [3.63, 3.8) is 0 Å². The van der Waals surface area contributed by atoms with Gasteiger partial charge in [-0.3, -0.25) is 0 Å². The summed E-state index contributed by atoms with van der Waals surface area (Å²) in [5.74, 6) is -1.17. The lowest BCUT2D eigenvalue weighted by Gasteiger charge is -2.13. The first-order chi connectivity index (χ1) is 11.3. The SMILES string of the molecule is CO\C=C(C(=O)OC)/C(=C\C=C\c1ccccc1C#N)C(F)(F)F. The molecule has 1 rings (SSSR count). The molecule has 0 heterocycles. The monoisotopic (exact) mass is 337 g/mol. The number of methoxy groups -OCH3 is 2. The Balaban J connectivity index is 3.29. The summed E-state index contributed by atoms with van der Waals surface area (Å²) in [5.41, 5.74) is -1.21. The van der Waals surface area contributed by atoms with E-state index in [9.17, 15) is 18.0 Å². The molecule has 0 unspecified atom stereocenters. The maximum Gasteiger partial charge on any atom is 0.417 e. The first kappa shape index (κ1) is 19.0. The number of alkyl halides is 3. The molecule has 7 heteroatoms. The molecule has 0 aliphatic carbocycles. The number of nitrogens with zero attached hydrogens (tertiary/aromatic N) is 1. The van der Waals surface area contributed by atoms with E-state index in [1.807, 2.05) is 6.07 Å². The molecule has 0 spiro atoms. The van der Waals surface area contributed by atoms with Crippen LogP contribution in [0.5, 0.6) is 0 Å². The van der Waals surface area contributed by atoms with Crippen LogP contribution in [0.3, 0.4) is 0 Å². The van der Waals surface area contributed by atoms with Crippen molar-refractivity contribution >= 4 is 12.0 Å². The fraction of sp³-hybridized carbons (Fsp3) is 0.176.